The Balaban J connectivity index is 2.04. The number of oxazole rings is 1. The number of halogens is 3. The standard InChI is InChI=1S/C14H8ClF2NO2/c15-13(7-1-3-9(16)10(17)5-7)8-2-4-11-12(6-8)20-14(19)18-11/h1-6,13H,(H,18,19). The molecular weight excluding hydrogens is 288 g/mol. The maximum absolute atomic E-state index is 13.2. The predicted molar refractivity (Wildman–Crippen MR) is 70.9 cm³/mol. The molecule has 0 amide bonds. The molecule has 0 bridgehead atoms. The Labute approximate surface area is 116 Å². The van der Waals surface area contributed by atoms with Crippen molar-refractivity contribution < 1.29 is 13.2 Å². The molecule has 1 aromatic heterocycles. The van der Waals surface area contributed by atoms with Gasteiger partial charge in [-0.15, -0.1) is 11.6 Å². The SMILES string of the molecule is O=c1[nH]c2ccc(C(Cl)c3ccc(F)c(F)c3)cc2o1. The second-order valence-corrected chi connectivity index (χ2v) is 4.74. The van der Waals surface area contributed by atoms with Crippen LogP contribution in [0.1, 0.15) is 16.5 Å². The van der Waals surface area contributed by atoms with Gasteiger partial charge < -0.3 is 4.42 Å². The minimum atomic E-state index is -0.956. The number of fused-ring (bicyclic) bond motifs is 1. The van der Waals surface area contributed by atoms with Crippen LogP contribution in [0.25, 0.3) is 11.1 Å². The first-order chi connectivity index (χ1) is 9.54. The van der Waals surface area contributed by atoms with Crippen LogP contribution in [0.5, 0.6) is 0 Å². The summed E-state index contributed by atoms with van der Waals surface area (Å²) in [6.45, 7) is 0. The Morgan fingerprint density at radius 3 is 2.50 bits per heavy atom. The first-order valence-corrected chi connectivity index (χ1v) is 6.20. The number of rotatable bonds is 2. The summed E-state index contributed by atoms with van der Waals surface area (Å²) in [6.07, 6.45) is 0. The predicted octanol–water partition coefficient (Wildman–Crippen LogP) is 3.73. The van der Waals surface area contributed by atoms with Gasteiger partial charge in [-0.1, -0.05) is 12.1 Å². The van der Waals surface area contributed by atoms with Crippen LogP contribution in [-0.2, 0) is 0 Å². The molecule has 20 heavy (non-hydrogen) atoms. The monoisotopic (exact) mass is 295 g/mol. The Hall–Kier alpha value is -2.14. The summed E-state index contributed by atoms with van der Waals surface area (Å²) in [7, 11) is 0. The second kappa shape index (κ2) is 4.76. The molecule has 0 saturated heterocycles. The third-order valence-corrected chi connectivity index (χ3v) is 3.48. The maximum atomic E-state index is 13.2. The molecule has 0 spiro atoms. The average molecular weight is 296 g/mol. The largest absolute Gasteiger partial charge is 0.417 e. The molecule has 3 rings (SSSR count). The van der Waals surface area contributed by atoms with Crippen molar-refractivity contribution in [1.82, 2.24) is 4.98 Å². The van der Waals surface area contributed by atoms with Crippen LogP contribution in [0.4, 0.5) is 8.78 Å². The van der Waals surface area contributed by atoms with E-state index in [2.05, 4.69) is 4.98 Å². The van der Waals surface area contributed by atoms with E-state index in [-0.39, 0.29) is 0 Å². The third-order valence-electron chi connectivity index (χ3n) is 2.97. The number of H-pyrrole nitrogens is 1. The molecule has 1 N–H and O–H groups in total. The van der Waals surface area contributed by atoms with Gasteiger partial charge in [0.2, 0.25) is 0 Å². The fraction of sp³-hybridized carbons (Fsp3) is 0.0714. The highest BCUT2D eigenvalue weighted by Gasteiger charge is 2.15. The highest BCUT2D eigenvalue weighted by Crippen LogP contribution is 2.31. The van der Waals surface area contributed by atoms with Crippen molar-refractivity contribution in [3.8, 4) is 0 Å². The number of alkyl halides is 1. The fourth-order valence-corrected chi connectivity index (χ4v) is 2.25. The molecule has 1 atom stereocenters. The van der Waals surface area contributed by atoms with Gasteiger partial charge in [-0.25, -0.2) is 13.6 Å². The lowest BCUT2D eigenvalue weighted by molar-refractivity contribution is 0.507. The molecule has 0 aliphatic rings. The normalized spacial score (nSPS) is 12.8. The average Bonchev–Trinajstić information content (AvgIpc) is 2.80. The van der Waals surface area contributed by atoms with Gasteiger partial charge in [-0.2, -0.15) is 0 Å². The van der Waals surface area contributed by atoms with Gasteiger partial charge in [0, 0.05) is 0 Å². The minimum absolute atomic E-state index is 0.362. The molecule has 0 radical (unpaired) electrons. The highest BCUT2D eigenvalue weighted by atomic mass is 35.5. The second-order valence-electron chi connectivity index (χ2n) is 4.31. The number of hydrogen-bond donors (Lipinski definition) is 1. The lowest BCUT2D eigenvalue weighted by Gasteiger charge is -2.10. The quantitative estimate of drug-likeness (QED) is 0.732. The van der Waals surface area contributed by atoms with E-state index in [0.717, 1.165) is 12.1 Å². The van der Waals surface area contributed by atoms with E-state index in [4.69, 9.17) is 16.0 Å². The molecule has 0 fully saturated rings. The molecule has 0 aliphatic carbocycles. The van der Waals surface area contributed by atoms with Gasteiger partial charge in [0.15, 0.2) is 17.2 Å². The summed E-state index contributed by atoms with van der Waals surface area (Å²) >= 11 is 6.24. The Bertz CT molecular complexity index is 841. The zero-order valence-corrected chi connectivity index (χ0v) is 10.7. The van der Waals surface area contributed by atoms with Crippen molar-refractivity contribution >= 4 is 22.7 Å². The molecule has 102 valence electrons. The Morgan fingerprint density at radius 1 is 1.05 bits per heavy atom. The fourth-order valence-electron chi connectivity index (χ4n) is 1.98. The van der Waals surface area contributed by atoms with Crippen LogP contribution < -0.4 is 5.76 Å². The van der Waals surface area contributed by atoms with E-state index in [1.807, 2.05) is 0 Å². The van der Waals surface area contributed by atoms with Gasteiger partial charge in [0.1, 0.15) is 0 Å². The zero-order chi connectivity index (χ0) is 14.3. The molecule has 1 unspecified atom stereocenters. The van der Waals surface area contributed by atoms with Crippen molar-refractivity contribution in [1.29, 1.82) is 0 Å². The van der Waals surface area contributed by atoms with E-state index in [9.17, 15) is 13.6 Å². The van der Waals surface area contributed by atoms with E-state index >= 15 is 0 Å². The summed E-state index contributed by atoms with van der Waals surface area (Å²) in [5, 5.41) is -0.672. The van der Waals surface area contributed by atoms with Crippen LogP contribution in [-0.4, -0.2) is 4.98 Å². The van der Waals surface area contributed by atoms with Crippen molar-refractivity contribution in [2.75, 3.05) is 0 Å². The van der Waals surface area contributed by atoms with Gasteiger partial charge in [-0.3, -0.25) is 4.98 Å². The summed E-state index contributed by atoms with van der Waals surface area (Å²) in [6, 6.07) is 8.40. The minimum Gasteiger partial charge on any atom is -0.408 e. The van der Waals surface area contributed by atoms with Crippen molar-refractivity contribution in [2.45, 2.75) is 5.38 Å². The molecule has 6 heteroatoms. The summed E-state index contributed by atoms with van der Waals surface area (Å²) in [5.74, 6) is -2.44. The summed E-state index contributed by atoms with van der Waals surface area (Å²) < 4.78 is 31.1. The van der Waals surface area contributed by atoms with Crippen LogP contribution in [0.3, 0.4) is 0 Å². The number of aromatic amines is 1. The summed E-state index contributed by atoms with van der Waals surface area (Å²) in [5.41, 5.74) is 1.95. The Kier molecular flexibility index (Phi) is 3.06. The lowest BCUT2D eigenvalue weighted by atomic mass is 10.0. The van der Waals surface area contributed by atoms with Gasteiger partial charge >= 0.3 is 5.76 Å². The van der Waals surface area contributed by atoms with E-state index < -0.39 is 22.8 Å². The maximum Gasteiger partial charge on any atom is 0.417 e. The van der Waals surface area contributed by atoms with Crippen molar-refractivity contribution in [3.63, 3.8) is 0 Å². The molecule has 3 aromatic rings. The highest BCUT2D eigenvalue weighted by molar-refractivity contribution is 6.22. The molecule has 2 aromatic carbocycles. The van der Waals surface area contributed by atoms with Crippen molar-refractivity contribution in [2.24, 2.45) is 0 Å². The van der Waals surface area contributed by atoms with Crippen molar-refractivity contribution in [3.05, 3.63) is 69.7 Å². The van der Waals surface area contributed by atoms with Gasteiger partial charge in [0.05, 0.1) is 10.9 Å². The number of benzene rings is 2. The van der Waals surface area contributed by atoms with Crippen LogP contribution in [0.2, 0.25) is 0 Å². The summed E-state index contributed by atoms with van der Waals surface area (Å²) in [4.78, 5) is 13.6. The van der Waals surface area contributed by atoms with E-state index in [1.54, 1.807) is 18.2 Å². The molecule has 1 heterocycles. The Morgan fingerprint density at radius 2 is 1.75 bits per heavy atom. The topological polar surface area (TPSA) is 46.0 Å². The number of hydrogen-bond acceptors (Lipinski definition) is 2. The molecule has 3 nitrogen and oxygen atoms in total. The molecular formula is C14H8ClF2NO2. The molecule has 0 aliphatic heterocycles. The smallest absolute Gasteiger partial charge is 0.408 e. The van der Waals surface area contributed by atoms with Crippen LogP contribution >= 0.6 is 11.6 Å². The number of nitrogens with one attached hydrogen (secondary N) is 1. The van der Waals surface area contributed by atoms with Crippen LogP contribution in [0, 0.1) is 11.6 Å². The molecule has 0 saturated carbocycles. The first kappa shape index (κ1) is 12.9. The van der Waals surface area contributed by atoms with E-state index in [1.165, 1.54) is 6.07 Å². The van der Waals surface area contributed by atoms with E-state index in [0.29, 0.717) is 22.2 Å². The first-order valence-electron chi connectivity index (χ1n) is 5.76. The van der Waals surface area contributed by atoms with Gasteiger partial charge in [-0.05, 0) is 35.4 Å². The number of aromatic nitrogens is 1. The third kappa shape index (κ3) is 2.20. The zero-order valence-electron chi connectivity index (χ0n) is 9.99. The van der Waals surface area contributed by atoms with Gasteiger partial charge in [0.25, 0.3) is 0 Å². The lowest BCUT2D eigenvalue weighted by Crippen LogP contribution is -1.95. The van der Waals surface area contributed by atoms with Crippen LogP contribution in [0.15, 0.2) is 45.6 Å².